The minimum atomic E-state index is -0.134. The van der Waals surface area contributed by atoms with E-state index in [9.17, 15) is 9.59 Å². The Labute approximate surface area is 166 Å². The van der Waals surface area contributed by atoms with Crippen molar-refractivity contribution in [1.29, 1.82) is 0 Å². The smallest absolute Gasteiger partial charge is 0.317 e. The number of rotatable bonds is 5. The number of benzene rings is 2. The largest absolute Gasteiger partial charge is 0.378 e. The monoisotopic (exact) mass is 381 g/mol. The number of nitrogens with one attached hydrogen (secondary N) is 1. The van der Waals surface area contributed by atoms with Gasteiger partial charge >= 0.3 is 6.03 Å². The molecule has 0 bridgehead atoms. The molecule has 1 atom stereocenters. The van der Waals surface area contributed by atoms with Crippen molar-refractivity contribution in [2.75, 3.05) is 33.4 Å². The number of amides is 3. The summed E-state index contributed by atoms with van der Waals surface area (Å²) in [7, 11) is 1.79. The van der Waals surface area contributed by atoms with Gasteiger partial charge in [-0.25, -0.2) is 4.79 Å². The Morgan fingerprint density at radius 2 is 1.71 bits per heavy atom. The van der Waals surface area contributed by atoms with E-state index in [1.807, 2.05) is 61.5 Å². The predicted molar refractivity (Wildman–Crippen MR) is 108 cm³/mol. The van der Waals surface area contributed by atoms with Gasteiger partial charge in [-0.3, -0.25) is 4.79 Å². The van der Waals surface area contributed by atoms with Crippen molar-refractivity contribution in [2.45, 2.75) is 19.5 Å². The molecule has 28 heavy (non-hydrogen) atoms. The van der Waals surface area contributed by atoms with Crippen LogP contribution in [0, 0.1) is 0 Å². The van der Waals surface area contributed by atoms with Crippen LogP contribution in [-0.4, -0.2) is 55.1 Å². The van der Waals surface area contributed by atoms with Gasteiger partial charge in [0.25, 0.3) is 5.91 Å². The summed E-state index contributed by atoms with van der Waals surface area (Å²) in [6.45, 7) is 4.85. The number of urea groups is 1. The highest BCUT2D eigenvalue weighted by molar-refractivity contribution is 5.94. The lowest BCUT2D eigenvalue weighted by Crippen LogP contribution is -2.40. The van der Waals surface area contributed by atoms with Crippen LogP contribution < -0.4 is 5.32 Å². The van der Waals surface area contributed by atoms with Crippen LogP contribution >= 0.6 is 0 Å². The van der Waals surface area contributed by atoms with Gasteiger partial charge in [-0.1, -0.05) is 42.5 Å². The third-order valence-corrected chi connectivity index (χ3v) is 5.13. The zero-order valence-electron chi connectivity index (χ0n) is 16.4. The molecule has 6 heteroatoms. The third-order valence-electron chi connectivity index (χ3n) is 5.13. The summed E-state index contributed by atoms with van der Waals surface area (Å²) in [6, 6.07) is 17.2. The van der Waals surface area contributed by atoms with Crippen LogP contribution in [0.25, 0.3) is 0 Å². The molecule has 0 saturated carbocycles. The molecule has 2 aromatic rings. The van der Waals surface area contributed by atoms with Crippen molar-refractivity contribution in [2.24, 2.45) is 0 Å². The molecule has 0 aliphatic carbocycles. The molecular formula is C22H27N3O3. The number of hydrogen-bond donors (Lipinski definition) is 1. The minimum Gasteiger partial charge on any atom is -0.378 e. The molecule has 3 amide bonds. The van der Waals surface area contributed by atoms with E-state index in [2.05, 4.69) is 5.32 Å². The number of carbonyl (C=O) groups excluding carboxylic acids is 2. The van der Waals surface area contributed by atoms with Crippen molar-refractivity contribution in [3.8, 4) is 0 Å². The van der Waals surface area contributed by atoms with Crippen LogP contribution in [0.3, 0.4) is 0 Å². The average Bonchev–Trinajstić information content (AvgIpc) is 2.77. The van der Waals surface area contributed by atoms with Crippen molar-refractivity contribution >= 4 is 11.9 Å². The fourth-order valence-electron chi connectivity index (χ4n) is 3.15. The molecule has 1 fully saturated rings. The quantitative estimate of drug-likeness (QED) is 0.866. The van der Waals surface area contributed by atoms with Crippen LogP contribution in [0.5, 0.6) is 0 Å². The van der Waals surface area contributed by atoms with E-state index in [-0.39, 0.29) is 18.0 Å². The molecule has 1 aliphatic heterocycles. The molecule has 0 radical (unpaired) electrons. The maximum absolute atomic E-state index is 12.5. The van der Waals surface area contributed by atoms with E-state index < -0.39 is 0 Å². The first-order valence-electron chi connectivity index (χ1n) is 9.58. The standard InChI is InChI=1S/C22H27N3O3/c1-17(19-6-4-3-5-7-19)24(2)22(27)23-16-18-8-10-20(11-9-18)21(26)25-12-14-28-15-13-25/h3-11,17H,12-16H2,1-2H3,(H,23,27)/t17-/m1/s1. The number of ether oxygens (including phenoxy) is 1. The van der Waals surface area contributed by atoms with Crippen LogP contribution in [-0.2, 0) is 11.3 Å². The summed E-state index contributed by atoms with van der Waals surface area (Å²) in [6.07, 6.45) is 0. The first-order valence-corrected chi connectivity index (χ1v) is 9.58. The Morgan fingerprint density at radius 3 is 2.36 bits per heavy atom. The highest BCUT2D eigenvalue weighted by Gasteiger charge is 2.19. The average molecular weight is 381 g/mol. The first-order chi connectivity index (χ1) is 13.6. The van der Waals surface area contributed by atoms with Crippen LogP contribution in [0.1, 0.15) is 34.5 Å². The van der Waals surface area contributed by atoms with Gasteiger partial charge in [0, 0.05) is 32.2 Å². The Balaban J connectivity index is 1.52. The Morgan fingerprint density at radius 1 is 1.07 bits per heavy atom. The lowest BCUT2D eigenvalue weighted by atomic mass is 10.1. The second-order valence-corrected chi connectivity index (χ2v) is 6.96. The van der Waals surface area contributed by atoms with Gasteiger partial charge in [0.2, 0.25) is 0 Å². The zero-order valence-corrected chi connectivity index (χ0v) is 16.4. The molecule has 3 rings (SSSR count). The highest BCUT2D eigenvalue weighted by atomic mass is 16.5. The van der Waals surface area contributed by atoms with Gasteiger partial charge in [0.1, 0.15) is 0 Å². The topological polar surface area (TPSA) is 61.9 Å². The van der Waals surface area contributed by atoms with Gasteiger partial charge in [-0.15, -0.1) is 0 Å². The Hall–Kier alpha value is -2.86. The second-order valence-electron chi connectivity index (χ2n) is 6.96. The Bertz CT molecular complexity index is 786. The van der Waals surface area contributed by atoms with Crippen molar-refractivity contribution < 1.29 is 14.3 Å². The SMILES string of the molecule is C[C@H](c1ccccc1)N(C)C(=O)NCc1ccc(C(=O)N2CCOCC2)cc1. The molecule has 148 valence electrons. The van der Waals surface area contributed by atoms with Gasteiger partial charge in [0.05, 0.1) is 19.3 Å². The van der Waals surface area contributed by atoms with Crippen molar-refractivity contribution in [3.63, 3.8) is 0 Å². The maximum atomic E-state index is 12.5. The second kappa shape index (κ2) is 9.37. The van der Waals surface area contributed by atoms with Gasteiger partial charge in [0.15, 0.2) is 0 Å². The molecule has 0 unspecified atom stereocenters. The number of morpholine rings is 1. The van der Waals surface area contributed by atoms with E-state index in [1.54, 1.807) is 16.8 Å². The van der Waals surface area contributed by atoms with E-state index >= 15 is 0 Å². The van der Waals surface area contributed by atoms with Crippen molar-refractivity contribution in [3.05, 3.63) is 71.3 Å². The molecular weight excluding hydrogens is 354 g/mol. The van der Waals surface area contributed by atoms with Gasteiger partial charge in [-0.05, 0) is 30.2 Å². The van der Waals surface area contributed by atoms with E-state index in [0.29, 0.717) is 38.4 Å². The minimum absolute atomic E-state index is 0.0188. The van der Waals surface area contributed by atoms with Gasteiger partial charge in [-0.2, -0.15) is 0 Å². The maximum Gasteiger partial charge on any atom is 0.317 e. The third kappa shape index (κ3) is 4.89. The summed E-state index contributed by atoms with van der Waals surface area (Å²) >= 11 is 0. The molecule has 2 aromatic carbocycles. The van der Waals surface area contributed by atoms with E-state index in [1.165, 1.54) is 0 Å². The van der Waals surface area contributed by atoms with E-state index in [4.69, 9.17) is 4.74 Å². The molecule has 1 N–H and O–H groups in total. The van der Waals surface area contributed by atoms with Gasteiger partial charge < -0.3 is 19.9 Å². The molecule has 0 spiro atoms. The van der Waals surface area contributed by atoms with Crippen LogP contribution in [0.4, 0.5) is 4.79 Å². The summed E-state index contributed by atoms with van der Waals surface area (Å²) in [5.41, 5.74) is 2.70. The molecule has 1 heterocycles. The normalized spacial score (nSPS) is 15.0. The summed E-state index contributed by atoms with van der Waals surface area (Å²) in [4.78, 5) is 28.4. The summed E-state index contributed by atoms with van der Waals surface area (Å²) in [5, 5.41) is 2.94. The van der Waals surface area contributed by atoms with E-state index in [0.717, 1.165) is 11.1 Å². The molecule has 1 aliphatic rings. The molecule has 1 saturated heterocycles. The number of carbonyl (C=O) groups is 2. The number of hydrogen-bond acceptors (Lipinski definition) is 3. The molecule has 6 nitrogen and oxygen atoms in total. The van der Waals surface area contributed by atoms with Crippen LogP contribution in [0.2, 0.25) is 0 Å². The lowest BCUT2D eigenvalue weighted by molar-refractivity contribution is 0.0303. The predicted octanol–water partition coefficient (Wildman–Crippen LogP) is 3.06. The lowest BCUT2D eigenvalue weighted by Gasteiger charge is -2.27. The first kappa shape index (κ1) is 19.9. The summed E-state index contributed by atoms with van der Waals surface area (Å²) in [5.74, 6) is 0.0234. The fourth-order valence-corrected chi connectivity index (χ4v) is 3.15. The van der Waals surface area contributed by atoms with Crippen molar-refractivity contribution in [1.82, 2.24) is 15.1 Å². The molecule has 0 aromatic heterocycles. The summed E-state index contributed by atoms with van der Waals surface area (Å²) < 4.78 is 5.29. The highest BCUT2D eigenvalue weighted by Crippen LogP contribution is 2.18. The Kier molecular flexibility index (Phi) is 6.66. The fraction of sp³-hybridized carbons (Fsp3) is 0.364. The number of nitrogens with zero attached hydrogens (tertiary/aromatic N) is 2. The zero-order chi connectivity index (χ0) is 19.9. The van der Waals surface area contributed by atoms with Crippen LogP contribution in [0.15, 0.2) is 54.6 Å².